The molecule has 2 rings (SSSR count). The van der Waals surface area contributed by atoms with Crippen LogP contribution in [-0.2, 0) is 6.54 Å². The molecular weight excluding hydrogens is 234 g/mol. The van der Waals surface area contributed by atoms with Crippen molar-refractivity contribution in [3.05, 3.63) is 33.5 Å². The van der Waals surface area contributed by atoms with Gasteiger partial charge in [0.25, 0.3) is 0 Å². The lowest BCUT2D eigenvalue weighted by atomic mass is 10.2. The molecule has 0 aliphatic rings. The Bertz CT molecular complexity index is 440. The van der Waals surface area contributed by atoms with Gasteiger partial charge in [0.1, 0.15) is 11.1 Å². The van der Waals surface area contributed by atoms with E-state index >= 15 is 0 Å². The van der Waals surface area contributed by atoms with E-state index in [4.69, 9.17) is 11.6 Å². The molecule has 6 heteroatoms. The molecular formula is C9H10ClN3OS. The van der Waals surface area contributed by atoms with E-state index in [0.717, 1.165) is 0 Å². The quantitative estimate of drug-likeness (QED) is 0.898. The number of aliphatic hydroxyl groups is 1. The first kappa shape index (κ1) is 10.6. The Kier molecular flexibility index (Phi) is 3.04. The summed E-state index contributed by atoms with van der Waals surface area (Å²) in [7, 11) is 0. The van der Waals surface area contributed by atoms with Crippen LogP contribution in [0.15, 0.2) is 17.8 Å². The van der Waals surface area contributed by atoms with Crippen molar-refractivity contribution in [2.45, 2.75) is 19.6 Å². The summed E-state index contributed by atoms with van der Waals surface area (Å²) in [5.74, 6) is 0. The van der Waals surface area contributed by atoms with Crippen LogP contribution in [0.3, 0.4) is 0 Å². The van der Waals surface area contributed by atoms with Gasteiger partial charge in [-0.15, -0.1) is 11.3 Å². The SMILES string of the molecule is CCn1ncc(Cl)c1C(O)c1nccs1. The zero-order valence-electron chi connectivity index (χ0n) is 8.09. The van der Waals surface area contributed by atoms with E-state index in [1.807, 2.05) is 12.3 Å². The van der Waals surface area contributed by atoms with Gasteiger partial charge in [-0.05, 0) is 6.92 Å². The Morgan fingerprint density at radius 1 is 1.67 bits per heavy atom. The third-order valence-corrected chi connectivity index (χ3v) is 3.20. The number of aryl methyl sites for hydroxylation is 1. The molecule has 15 heavy (non-hydrogen) atoms. The van der Waals surface area contributed by atoms with Gasteiger partial charge in [-0.1, -0.05) is 11.6 Å². The molecule has 0 amide bonds. The maximum atomic E-state index is 10.1. The van der Waals surface area contributed by atoms with Crippen LogP contribution in [0.25, 0.3) is 0 Å². The number of hydrogen-bond donors (Lipinski definition) is 1. The minimum atomic E-state index is -0.792. The second-order valence-corrected chi connectivity index (χ2v) is 4.30. The molecule has 0 bridgehead atoms. The van der Waals surface area contributed by atoms with Crippen LogP contribution >= 0.6 is 22.9 Å². The number of aliphatic hydroxyl groups excluding tert-OH is 1. The Morgan fingerprint density at radius 2 is 2.47 bits per heavy atom. The van der Waals surface area contributed by atoms with Crippen molar-refractivity contribution in [1.29, 1.82) is 0 Å². The van der Waals surface area contributed by atoms with Crippen LogP contribution in [0, 0.1) is 0 Å². The second kappa shape index (κ2) is 4.30. The fourth-order valence-electron chi connectivity index (χ4n) is 1.38. The molecule has 0 saturated carbocycles. The Hall–Kier alpha value is -0.910. The lowest BCUT2D eigenvalue weighted by molar-refractivity contribution is 0.207. The van der Waals surface area contributed by atoms with E-state index in [0.29, 0.717) is 22.3 Å². The maximum Gasteiger partial charge on any atom is 0.148 e. The highest BCUT2D eigenvalue weighted by molar-refractivity contribution is 7.09. The molecule has 1 N–H and O–H groups in total. The Labute approximate surface area is 96.1 Å². The third kappa shape index (κ3) is 1.90. The summed E-state index contributed by atoms with van der Waals surface area (Å²) in [6.45, 7) is 2.62. The van der Waals surface area contributed by atoms with E-state index < -0.39 is 6.10 Å². The number of halogens is 1. The zero-order valence-corrected chi connectivity index (χ0v) is 9.66. The number of hydrogen-bond acceptors (Lipinski definition) is 4. The van der Waals surface area contributed by atoms with Crippen molar-refractivity contribution in [1.82, 2.24) is 14.8 Å². The highest BCUT2D eigenvalue weighted by atomic mass is 35.5. The number of thiazole rings is 1. The van der Waals surface area contributed by atoms with E-state index in [2.05, 4.69) is 10.1 Å². The molecule has 0 aliphatic heterocycles. The summed E-state index contributed by atoms with van der Waals surface area (Å²) in [5.41, 5.74) is 0.606. The van der Waals surface area contributed by atoms with Crippen molar-refractivity contribution in [2.24, 2.45) is 0 Å². The molecule has 0 saturated heterocycles. The van der Waals surface area contributed by atoms with Crippen LogP contribution in [-0.4, -0.2) is 19.9 Å². The molecule has 1 atom stereocenters. The highest BCUT2D eigenvalue weighted by Crippen LogP contribution is 2.28. The summed E-state index contributed by atoms with van der Waals surface area (Å²) in [5, 5.41) is 17.1. The van der Waals surface area contributed by atoms with E-state index in [9.17, 15) is 5.11 Å². The van der Waals surface area contributed by atoms with Crippen molar-refractivity contribution in [2.75, 3.05) is 0 Å². The molecule has 2 aromatic heterocycles. The third-order valence-electron chi connectivity index (χ3n) is 2.08. The first-order valence-electron chi connectivity index (χ1n) is 4.52. The molecule has 0 fully saturated rings. The fraction of sp³-hybridized carbons (Fsp3) is 0.333. The number of rotatable bonds is 3. The summed E-state index contributed by atoms with van der Waals surface area (Å²) >= 11 is 7.37. The molecule has 0 spiro atoms. The average Bonchev–Trinajstić information content (AvgIpc) is 2.85. The summed E-state index contributed by atoms with van der Waals surface area (Å²) in [6, 6.07) is 0. The molecule has 0 radical (unpaired) electrons. The predicted octanol–water partition coefficient (Wildman–Crippen LogP) is 2.09. The fourth-order valence-corrected chi connectivity index (χ4v) is 2.25. The standard InChI is InChI=1S/C9H10ClN3OS/c1-2-13-7(6(10)5-12-13)8(14)9-11-3-4-15-9/h3-5,8,14H,2H2,1H3. The van der Waals surface area contributed by atoms with E-state index in [-0.39, 0.29) is 0 Å². The summed E-state index contributed by atoms with van der Waals surface area (Å²) < 4.78 is 1.68. The number of nitrogens with zero attached hydrogens (tertiary/aromatic N) is 3. The predicted molar refractivity (Wildman–Crippen MR) is 59.1 cm³/mol. The second-order valence-electron chi connectivity index (χ2n) is 2.97. The van der Waals surface area contributed by atoms with Gasteiger partial charge in [0, 0.05) is 18.1 Å². The zero-order chi connectivity index (χ0) is 10.8. The van der Waals surface area contributed by atoms with E-state index in [1.54, 1.807) is 10.9 Å². The van der Waals surface area contributed by atoms with Crippen LogP contribution < -0.4 is 0 Å². The van der Waals surface area contributed by atoms with E-state index in [1.165, 1.54) is 17.5 Å². The molecule has 0 aliphatic carbocycles. The largest absolute Gasteiger partial charge is 0.379 e. The van der Waals surface area contributed by atoms with Crippen LogP contribution in [0.5, 0.6) is 0 Å². The van der Waals surface area contributed by atoms with Crippen LogP contribution in [0.4, 0.5) is 0 Å². The van der Waals surface area contributed by atoms with Gasteiger partial charge in [-0.25, -0.2) is 4.98 Å². The smallest absolute Gasteiger partial charge is 0.148 e. The van der Waals surface area contributed by atoms with Gasteiger partial charge in [0.2, 0.25) is 0 Å². The summed E-state index contributed by atoms with van der Waals surface area (Å²) in [4.78, 5) is 4.06. The minimum Gasteiger partial charge on any atom is -0.379 e. The molecule has 2 aromatic rings. The average molecular weight is 244 g/mol. The molecule has 4 nitrogen and oxygen atoms in total. The van der Waals surface area contributed by atoms with Gasteiger partial charge in [0.05, 0.1) is 16.9 Å². The van der Waals surface area contributed by atoms with Crippen LogP contribution in [0.2, 0.25) is 5.02 Å². The molecule has 0 aromatic carbocycles. The minimum absolute atomic E-state index is 0.472. The lowest BCUT2D eigenvalue weighted by Crippen LogP contribution is -2.09. The first-order chi connectivity index (χ1) is 7.24. The molecule has 2 heterocycles. The first-order valence-corrected chi connectivity index (χ1v) is 5.78. The van der Waals surface area contributed by atoms with Crippen molar-refractivity contribution in [3.8, 4) is 0 Å². The van der Waals surface area contributed by atoms with Crippen molar-refractivity contribution >= 4 is 22.9 Å². The normalized spacial score (nSPS) is 13.0. The monoisotopic (exact) mass is 243 g/mol. The van der Waals surface area contributed by atoms with Crippen molar-refractivity contribution in [3.63, 3.8) is 0 Å². The van der Waals surface area contributed by atoms with Crippen LogP contribution in [0.1, 0.15) is 23.7 Å². The van der Waals surface area contributed by atoms with Gasteiger partial charge in [-0.2, -0.15) is 5.10 Å². The topological polar surface area (TPSA) is 50.9 Å². The molecule has 80 valence electrons. The highest BCUT2D eigenvalue weighted by Gasteiger charge is 2.20. The van der Waals surface area contributed by atoms with Crippen molar-refractivity contribution < 1.29 is 5.11 Å². The van der Waals surface area contributed by atoms with Gasteiger partial charge in [-0.3, -0.25) is 4.68 Å². The number of aromatic nitrogens is 3. The molecule has 1 unspecified atom stereocenters. The maximum absolute atomic E-state index is 10.1. The Balaban J connectivity index is 2.40. The summed E-state index contributed by atoms with van der Waals surface area (Å²) in [6.07, 6.45) is 2.40. The Morgan fingerprint density at radius 3 is 3.07 bits per heavy atom. The van der Waals surface area contributed by atoms with Gasteiger partial charge in [0.15, 0.2) is 0 Å². The lowest BCUT2D eigenvalue weighted by Gasteiger charge is -2.10. The van der Waals surface area contributed by atoms with Gasteiger partial charge < -0.3 is 5.11 Å². The van der Waals surface area contributed by atoms with Gasteiger partial charge >= 0.3 is 0 Å².